The predicted octanol–water partition coefficient (Wildman–Crippen LogP) is 3.59. The first kappa shape index (κ1) is 30.4. The summed E-state index contributed by atoms with van der Waals surface area (Å²) in [5, 5.41) is 14.4. The number of nitrogens with one attached hydrogen (secondary N) is 2. The third-order valence-electron chi connectivity index (χ3n) is 7.35. The van der Waals surface area contributed by atoms with E-state index in [2.05, 4.69) is 10.0 Å². The van der Waals surface area contributed by atoms with Gasteiger partial charge in [0.25, 0.3) is 10.0 Å². The lowest BCUT2D eigenvalue weighted by molar-refractivity contribution is -0.134. The fraction of sp³-hybridized carbons (Fsp3) is 0.379. The van der Waals surface area contributed by atoms with Gasteiger partial charge in [0.2, 0.25) is 12.7 Å². The summed E-state index contributed by atoms with van der Waals surface area (Å²) in [5.74, 6) is 1.10. The molecule has 0 saturated heterocycles. The molecule has 0 saturated carbocycles. The first-order valence-corrected chi connectivity index (χ1v) is 16.1. The van der Waals surface area contributed by atoms with E-state index < -0.39 is 22.2 Å². The topological polar surface area (TPSA) is 147 Å². The summed E-state index contributed by atoms with van der Waals surface area (Å²) in [4.78, 5) is 29.7. The van der Waals surface area contributed by atoms with Crippen molar-refractivity contribution in [2.24, 2.45) is 5.92 Å². The molecule has 0 fully saturated rings. The van der Waals surface area contributed by atoms with Gasteiger partial charge in [-0.15, -0.1) is 11.3 Å². The van der Waals surface area contributed by atoms with E-state index in [0.29, 0.717) is 28.5 Å². The number of likely N-dealkylation sites (N-methyl/N-ethyl adjacent to an activating group) is 1. The van der Waals surface area contributed by atoms with Gasteiger partial charge >= 0.3 is 6.03 Å². The van der Waals surface area contributed by atoms with Crippen LogP contribution in [0.25, 0.3) is 0 Å². The van der Waals surface area contributed by atoms with Crippen LogP contribution in [-0.2, 0) is 21.2 Å². The lowest BCUT2D eigenvalue weighted by Gasteiger charge is -2.34. The molecule has 5 rings (SSSR count). The zero-order valence-electron chi connectivity index (χ0n) is 24.0. The fourth-order valence-electron chi connectivity index (χ4n) is 4.88. The van der Waals surface area contributed by atoms with Crippen LogP contribution in [0.3, 0.4) is 0 Å². The van der Waals surface area contributed by atoms with Crippen LogP contribution in [0, 0.1) is 5.92 Å². The zero-order valence-corrected chi connectivity index (χ0v) is 25.6. The van der Waals surface area contributed by atoms with Gasteiger partial charge in [-0.2, -0.15) is 0 Å². The number of sulfonamides is 1. The van der Waals surface area contributed by atoms with Crippen molar-refractivity contribution in [2.75, 3.05) is 43.6 Å². The summed E-state index contributed by atoms with van der Waals surface area (Å²) in [7, 11) is -2.16. The predicted molar refractivity (Wildman–Crippen MR) is 161 cm³/mol. The van der Waals surface area contributed by atoms with Crippen LogP contribution >= 0.6 is 11.3 Å². The van der Waals surface area contributed by atoms with Crippen LogP contribution < -0.4 is 24.2 Å². The Morgan fingerprint density at radius 3 is 2.63 bits per heavy atom. The van der Waals surface area contributed by atoms with Crippen LogP contribution in [0.1, 0.15) is 19.4 Å². The average Bonchev–Trinajstić information content (AvgIpc) is 3.69. The maximum absolute atomic E-state index is 13.5. The summed E-state index contributed by atoms with van der Waals surface area (Å²) in [6, 6.07) is 12.3. The molecule has 0 aliphatic carbocycles. The second-order valence-electron chi connectivity index (χ2n) is 10.6. The van der Waals surface area contributed by atoms with Gasteiger partial charge in [-0.25, -0.2) is 13.2 Å². The number of hydrogen-bond donors (Lipinski definition) is 3. The van der Waals surface area contributed by atoms with Crippen LogP contribution in [0.2, 0.25) is 0 Å². The van der Waals surface area contributed by atoms with Gasteiger partial charge in [-0.05, 0) is 48.7 Å². The lowest BCUT2D eigenvalue weighted by Crippen LogP contribution is -2.48. The highest BCUT2D eigenvalue weighted by Crippen LogP contribution is 2.34. The number of urea groups is 1. The summed E-state index contributed by atoms with van der Waals surface area (Å²) in [6.45, 7) is 4.05. The molecule has 2 aliphatic heterocycles. The molecule has 0 unspecified atom stereocenters. The second-order valence-corrected chi connectivity index (χ2v) is 13.5. The Morgan fingerprint density at radius 2 is 1.88 bits per heavy atom. The van der Waals surface area contributed by atoms with E-state index in [-0.39, 0.29) is 60.7 Å². The minimum absolute atomic E-state index is 0.0614. The van der Waals surface area contributed by atoms with E-state index in [1.807, 2.05) is 6.92 Å². The van der Waals surface area contributed by atoms with Crippen LogP contribution in [0.5, 0.6) is 17.2 Å². The minimum atomic E-state index is -3.80. The number of hydrogen-bond acceptors (Lipinski definition) is 9. The number of carbonyl (C=O) groups excluding carboxylic acids is 2. The average molecular weight is 631 g/mol. The maximum Gasteiger partial charge on any atom is 0.321 e. The molecule has 230 valence electrons. The number of amides is 3. The number of rotatable bonds is 8. The smallest absolute Gasteiger partial charge is 0.321 e. The summed E-state index contributed by atoms with van der Waals surface area (Å²) in [5.41, 5.74) is 1.31. The van der Waals surface area contributed by atoms with Gasteiger partial charge < -0.3 is 34.4 Å². The highest BCUT2D eigenvalue weighted by Gasteiger charge is 2.32. The molecule has 0 radical (unpaired) electrons. The number of aliphatic hydroxyl groups excluding tert-OH is 1. The Balaban J connectivity index is 1.38. The Bertz CT molecular complexity index is 1580. The van der Waals surface area contributed by atoms with Gasteiger partial charge in [0.05, 0.1) is 25.6 Å². The highest BCUT2D eigenvalue weighted by molar-refractivity contribution is 7.94. The van der Waals surface area contributed by atoms with E-state index in [0.717, 1.165) is 11.3 Å². The van der Waals surface area contributed by atoms with Gasteiger partial charge in [-0.3, -0.25) is 9.52 Å². The Hall–Kier alpha value is -4.01. The van der Waals surface area contributed by atoms with Crippen molar-refractivity contribution in [1.29, 1.82) is 0 Å². The van der Waals surface area contributed by atoms with Crippen molar-refractivity contribution in [3.63, 3.8) is 0 Å². The third-order valence-corrected chi connectivity index (χ3v) is 10.1. The quantitative estimate of drug-likeness (QED) is 0.342. The van der Waals surface area contributed by atoms with Crippen molar-refractivity contribution in [3.05, 3.63) is 59.5 Å². The Labute approximate surface area is 254 Å². The molecule has 3 aromatic rings. The Morgan fingerprint density at radius 1 is 1.14 bits per heavy atom. The van der Waals surface area contributed by atoms with Crippen molar-refractivity contribution in [3.8, 4) is 17.2 Å². The molecule has 1 aromatic heterocycles. The van der Waals surface area contributed by atoms with Crippen molar-refractivity contribution in [2.45, 2.75) is 36.6 Å². The van der Waals surface area contributed by atoms with Gasteiger partial charge in [0.15, 0.2) is 11.5 Å². The Kier molecular flexibility index (Phi) is 8.99. The van der Waals surface area contributed by atoms with Crippen molar-refractivity contribution >= 4 is 44.7 Å². The molecule has 0 spiro atoms. The highest BCUT2D eigenvalue weighted by atomic mass is 32.2. The number of carbonyl (C=O) groups is 2. The number of benzene rings is 2. The van der Waals surface area contributed by atoms with Gasteiger partial charge in [-0.1, -0.05) is 13.0 Å². The standard InChI is InChI=1S/C29H34N4O8S2/c1-18-14-33(19(2)16-34)27(35)12-20-11-22(31-43(37,38)28-5-4-10-42-28)7-8-23(20)41-26(18)15-32(3)29(36)30-21-6-9-24-25(13-21)40-17-39-24/h4-11,13,18-19,26,31,34H,12,14-17H2,1-3H3,(H,30,36)/t18-,19+,26-/m1/s1. The largest absolute Gasteiger partial charge is 0.488 e. The first-order chi connectivity index (χ1) is 20.5. The molecule has 3 amide bonds. The number of ether oxygens (including phenoxy) is 3. The number of nitrogens with zero attached hydrogens (tertiary/aromatic N) is 2. The molecule has 0 bridgehead atoms. The molecule has 43 heavy (non-hydrogen) atoms. The summed E-state index contributed by atoms with van der Waals surface area (Å²) in [6.07, 6.45) is -0.604. The number of thiophene rings is 1. The second kappa shape index (κ2) is 12.7. The molecular weight excluding hydrogens is 596 g/mol. The van der Waals surface area contributed by atoms with E-state index in [1.54, 1.807) is 66.7 Å². The van der Waals surface area contributed by atoms with Crippen molar-refractivity contribution < 1.29 is 37.3 Å². The molecule has 2 aliphatic rings. The normalized spacial score (nSPS) is 18.9. The molecular formula is C29H34N4O8S2. The summed E-state index contributed by atoms with van der Waals surface area (Å²) >= 11 is 1.10. The van der Waals surface area contributed by atoms with E-state index in [4.69, 9.17) is 14.2 Å². The van der Waals surface area contributed by atoms with Crippen LogP contribution in [-0.4, -0.2) is 80.9 Å². The summed E-state index contributed by atoms with van der Waals surface area (Å²) < 4.78 is 45.6. The first-order valence-electron chi connectivity index (χ1n) is 13.7. The third kappa shape index (κ3) is 6.98. The van der Waals surface area contributed by atoms with E-state index in [1.165, 1.54) is 11.0 Å². The number of anilines is 2. The minimum Gasteiger partial charge on any atom is -0.488 e. The monoisotopic (exact) mass is 630 g/mol. The molecule has 3 N–H and O–H groups in total. The van der Waals surface area contributed by atoms with Crippen LogP contribution in [0.15, 0.2) is 58.1 Å². The van der Waals surface area contributed by atoms with E-state index in [9.17, 15) is 23.1 Å². The van der Waals surface area contributed by atoms with Crippen molar-refractivity contribution in [1.82, 2.24) is 9.80 Å². The SMILES string of the molecule is C[C@@H]1CN([C@@H](C)CO)C(=O)Cc2cc(NS(=O)(=O)c3cccs3)ccc2O[C@@H]1CN(C)C(=O)Nc1ccc2c(c1)OCO2. The fourth-order valence-corrected chi connectivity index (χ4v) is 6.92. The molecule has 3 atom stereocenters. The number of fused-ring (bicyclic) bond motifs is 2. The van der Waals surface area contributed by atoms with Gasteiger partial charge in [0.1, 0.15) is 16.1 Å². The lowest BCUT2D eigenvalue weighted by atomic mass is 10.0. The zero-order chi connectivity index (χ0) is 30.7. The van der Waals surface area contributed by atoms with Crippen LogP contribution in [0.4, 0.5) is 16.2 Å². The molecule has 12 nitrogen and oxygen atoms in total. The molecule has 3 heterocycles. The maximum atomic E-state index is 13.5. The molecule has 14 heteroatoms. The molecule has 2 aromatic carbocycles. The number of aliphatic hydroxyl groups is 1. The van der Waals surface area contributed by atoms with Gasteiger partial charge in [0, 0.05) is 42.5 Å². The van der Waals surface area contributed by atoms with E-state index >= 15 is 0 Å².